The number of carbonyl (C=O) groups excluding carboxylic acids is 1. The number of aromatic nitrogens is 2. The van der Waals surface area contributed by atoms with Gasteiger partial charge >= 0.3 is 0 Å². The molecule has 3 rings (SSSR count). The van der Waals surface area contributed by atoms with Gasteiger partial charge in [-0.25, -0.2) is 13.4 Å². The van der Waals surface area contributed by atoms with Gasteiger partial charge in [-0.05, 0) is 62.6 Å². The van der Waals surface area contributed by atoms with Crippen molar-refractivity contribution in [1.82, 2.24) is 14.9 Å². The first-order chi connectivity index (χ1) is 14.6. The smallest absolute Gasteiger partial charge is 0.243 e. The maximum atomic E-state index is 13.0. The van der Waals surface area contributed by atoms with E-state index in [4.69, 9.17) is 0 Å². The maximum absolute atomic E-state index is 13.0. The largest absolute Gasteiger partial charge is 0.350 e. The summed E-state index contributed by atoms with van der Waals surface area (Å²) in [6.45, 7) is 7.64. The van der Waals surface area contributed by atoms with Gasteiger partial charge in [0, 0.05) is 18.9 Å². The number of hydrogen-bond acceptors (Lipinski definition) is 4. The van der Waals surface area contributed by atoms with Crippen LogP contribution in [-0.2, 0) is 21.4 Å². The number of aryl methyl sites for hydroxylation is 3. The second-order valence-electron chi connectivity index (χ2n) is 7.69. The fourth-order valence-corrected chi connectivity index (χ4v) is 4.70. The first-order valence-electron chi connectivity index (χ1n) is 10.0. The summed E-state index contributed by atoms with van der Waals surface area (Å²) in [5.41, 5.74) is 4.31. The van der Waals surface area contributed by atoms with E-state index in [-0.39, 0.29) is 12.5 Å². The third-order valence-electron chi connectivity index (χ3n) is 5.36. The van der Waals surface area contributed by atoms with Crippen molar-refractivity contribution in [2.24, 2.45) is 0 Å². The maximum Gasteiger partial charge on any atom is 0.243 e. The van der Waals surface area contributed by atoms with Crippen molar-refractivity contribution in [3.05, 3.63) is 77.4 Å². The molecule has 31 heavy (non-hydrogen) atoms. The summed E-state index contributed by atoms with van der Waals surface area (Å²) in [5.74, 6) is 0.464. The Kier molecular flexibility index (Phi) is 6.50. The number of benzene rings is 2. The quantitative estimate of drug-likeness (QED) is 0.611. The minimum absolute atomic E-state index is 0.265. The van der Waals surface area contributed by atoms with E-state index >= 15 is 0 Å². The molecule has 1 N–H and O–H groups in total. The van der Waals surface area contributed by atoms with Gasteiger partial charge in [0.15, 0.2) is 0 Å². The number of imidazole rings is 1. The van der Waals surface area contributed by atoms with Crippen LogP contribution in [0.4, 0.5) is 5.69 Å². The minimum Gasteiger partial charge on any atom is -0.350 e. The average Bonchev–Trinajstić information content (AvgIpc) is 3.13. The molecule has 1 amide bonds. The lowest BCUT2D eigenvalue weighted by Gasteiger charge is -2.29. The van der Waals surface area contributed by atoms with Crippen LogP contribution in [0.1, 0.15) is 29.4 Å². The van der Waals surface area contributed by atoms with Crippen molar-refractivity contribution < 1.29 is 13.2 Å². The van der Waals surface area contributed by atoms with E-state index in [1.807, 2.05) is 61.9 Å². The number of carbonyl (C=O) groups is 1. The number of para-hydroxylation sites is 1. The highest BCUT2D eigenvalue weighted by Crippen LogP contribution is 2.24. The average molecular weight is 441 g/mol. The molecular formula is C23H28N4O3S. The molecular weight excluding hydrogens is 412 g/mol. The van der Waals surface area contributed by atoms with Gasteiger partial charge in [0.1, 0.15) is 11.9 Å². The molecule has 3 aromatic rings. The van der Waals surface area contributed by atoms with Gasteiger partial charge in [-0.1, -0.05) is 24.3 Å². The summed E-state index contributed by atoms with van der Waals surface area (Å²) in [5, 5.41) is 2.89. The first-order valence-corrected chi connectivity index (χ1v) is 11.9. The molecule has 2 aromatic carbocycles. The fourth-order valence-electron chi connectivity index (χ4n) is 3.53. The van der Waals surface area contributed by atoms with E-state index in [2.05, 4.69) is 10.3 Å². The SMILES string of the molecule is Cc1ccc(N(C(C)C(=O)NCc2ccccc2-n2ccnc2C)S(C)(=O)=O)cc1C. The summed E-state index contributed by atoms with van der Waals surface area (Å²) in [4.78, 5) is 17.2. The molecule has 0 aliphatic heterocycles. The number of anilines is 1. The zero-order valence-corrected chi connectivity index (χ0v) is 19.3. The Morgan fingerprint density at radius 3 is 2.45 bits per heavy atom. The molecule has 0 aliphatic carbocycles. The van der Waals surface area contributed by atoms with Crippen molar-refractivity contribution in [3.63, 3.8) is 0 Å². The number of hydrogen-bond donors (Lipinski definition) is 1. The molecule has 0 spiro atoms. The third kappa shape index (κ3) is 4.96. The van der Waals surface area contributed by atoms with Crippen molar-refractivity contribution in [1.29, 1.82) is 0 Å². The number of rotatable bonds is 7. The van der Waals surface area contributed by atoms with Crippen LogP contribution in [-0.4, -0.2) is 36.2 Å². The second-order valence-corrected chi connectivity index (χ2v) is 9.55. The van der Waals surface area contributed by atoms with E-state index in [1.165, 1.54) is 4.31 Å². The summed E-state index contributed by atoms with van der Waals surface area (Å²) in [7, 11) is -3.66. The second kappa shape index (κ2) is 8.93. The molecule has 0 saturated carbocycles. The molecule has 0 fully saturated rings. The monoisotopic (exact) mass is 440 g/mol. The Morgan fingerprint density at radius 1 is 1.13 bits per heavy atom. The molecule has 0 radical (unpaired) electrons. The predicted molar refractivity (Wildman–Crippen MR) is 123 cm³/mol. The summed E-state index contributed by atoms with van der Waals surface area (Å²) in [6.07, 6.45) is 4.70. The van der Waals surface area contributed by atoms with Crippen LogP contribution >= 0.6 is 0 Å². The van der Waals surface area contributed by atoms with E-state index in [0.717, 1.165) is 34.5 Å². The van der Waals surface area contributed by atoms with Crippen LogP contribution < -0.4 is 9.62 Å². The van der Waals surface area contributed by atoms with Gasteiger partial charge in [-0.3, -0.25) is 9.10 Å². The van der Waals surface area contributed by atoms with Gasteiger partial charge < -0.3 is 9.88 Å². The van der Waals surface area contributed by atoms with E-state index in [0.29, 0.717) is 5.69 Å². The Morgan fingerprint density at radius 2 is 1.84 bits per heavy atom. The van der Waals surface area contributed by atoms with E-state index in [1.54, 1.807) is 25.3 Å². The topological polar surface area (TPSA) is 84.3 Å². The number of nitrogens with one attached hydrogen (secondary N) is 1. The molecule has 7 nitrogen and oxygen atoms in total. The van der Waals surface area contributed by atoms with Crippen LogP contribution in [0.2, 0.25) is 0 Å². The van der Waals surface area contributed by atoms with Crippen LogP contribution in [0.3, 0.4) is 0 Å². The van der Waals surface area contributed by atoms with Crippen LogP contribution in [0, 0.1) is 20.8 Å². The van der Waals surface area contributed by atoms with Crippen LogP contribution in [0.25, 0.3) is 5.69 Å². The van der Waals surface area contributed by atoms with Crippen LogP contribution in [0.5, 0.6) is 0 Å². The lowest BCUT2D eigenvalue weighted by atomic mass is 10.1. The van der Waals surface area contributed by atoms with Crippen molar-refractivity contribution in [2.45, 2.75) is 40.3 Å². The zero-order chi connectivity index (χ0) is 22.8. The Labute approximate surface area is 183 Å². The molecule has 1 unspecified atom stereocenters. The first kappa shape index (κ1) is 22.6. The number of amides is 1. The summed E-state index contributed by atoms with van der Waals surface area (Å²) < 4.78 is 28.2. The van der Waals surface area contributed by atoms with Gasteiger partial charge in [-0.2, -0.15) is 0 Å². The number of nitrogens with zero attached hydrogens (tertiary/aromatic N) is 3. The van der Waals surface area contributed by atoms with Gasteiger partial charge in [0.2, 0.25) is 15.9 Å². The molecule has 0 aliphatic rings. The molecule has 1 aromatic heterocycles. The van der Waals surface area contributed by atoms with Crippen molar-refractivity contribution in [3.8, 4) is 5.69 Å². The highest BCUT2D eigenvalue weighted by molar-refractivity contribution is 7.92. The lowest BCUT2D eigenvalue weighted by Crippen LogP contribution is -2.47. The van der Waals surface area contributed by atoms with Gasteiger partial charge in [-0.15, -0.1) is 0 Å². The van der Waals surface area contributed by atoms with Crippen LogP contribution in [0.15, 0.2) is 54.9 Å². The molecule has 0 bridgehead atoms. The zero-order valence-electron chi connectivity index (χ0n) is 18.5. The Balaban J connectivity index is 1.83. The molecule has 1 heterocycles. The highest BCUT2D eigenvalue weighted by atomic mass is 32.2. The molecule has 164 valence electrons. The summed E-state index contributed by atoms with van der Waals surface area (Å²) >= 11 is 0. The molecule has 8 heteroatoms. The normalized spacial score (nSPS) is 12.4. The Hall–Kier alpha value is -3.13. The van der Waals surface area contributed by atoms with Gasteiger partial charge in [0.05, 0.1) is 17.6 Å². The fraction of sp³-hybridized carbons (Fsp3) is 0.304. The predicted octanol–water partition coefficient (Wildman–Crippen LogP) is 3.27. The van der Waals surface area contributed by atoms with E-state index < -0.39 is 16.1 Å². The minimum atomic E-state index is -3.66. The molecule has 1 atom stereocenters. The molecule has 0 saturated heterocycles. The highest BCUT2D eigenvalue weighted by Gasteiger charge is 2.29. The number of sulfonamides is 1. The Bertz CT molecular complexity index is 1200. The standard InChI is InChI=1S/C23H28N4O3S/c1-16-10-11-21(14-17(16)2)27(31(5,29)30)18(3)23(28)25-15-20-8-6-7-9-22(20)26-13-12-24-19(26)4/h6-14,18H,15H2,1-5H3,(H,25,28). The van der Waals surface area contributed by atoms with Gasteiger partial charge in [0.25, 0.3) is 0 Å². The van der Waals surface area contributed by atoms with Crippen molar-refractivity contribution >= 4 is 21.6 Å². The van der Waals surface area contributed by atoms with E-state index in [9.17, 15) is 13.2 Å². The third-order valence-corrected chi connectivity index (χ3v) is 6.61. The summed E-state index contributed by atoms with van der Waals surface area (Å²) in [6, 6.07) is 12.2. The van der Waals surface area contributed by atoms with Crippen molar-refractivity contribution in [2.75, 3.05) is 10.6 Å². The lowest BCUT2D eigenvalue weighted by molar-refractivity contribution is -0.122.